The Labute approximate surface area is 109 Å². The van der Waals surface area contributed by atoms with Crippen molar-refractivity contribution in [3.05, 3.63) is 30.1 Å². The molecule has 1 aromatic rings. The van der Waals surface area contributed by atoms with E-state index in [-0.39, 0.29) is 6.03 Å². The maximum Gasteiger partial charge on any atom is 0.317 e. The Morgan fingerprint density at radius 2 is 2.06 bits per heavy atom. The number of urea groups is 1. The molecule has 0 bridgehead atoms. The Kier molecular flexibility index (Phi) is 6.19. The molecule has 0 unspecified atom stereocenters. The molecule has 0 radical (unpaired) electrons. The van der Waals surface area contributed by atoms with Gasteiger partial charge in [-0.2, -0.15) is 0 Å². The summed E-state index contributed by atoms with van der Waals surface area (Å²) >= 11 is 0. The summed E-state index contributed by atoms with van der Waals surface area (Å²) in [5, 5.41) is 2.93. The van der Waals surface area contributed by atoms with E-state index in [1.807, 2.05) is 12.1 Å². The van der Waals surface area contributed by atoms with E-state index in [1.54, 1.807) is 24.3 Å². The van der Waals surface area contributed by atoms with Gasteiger partial charge in [-0.3, -0.25) is 4.98 Å². The molecular formula is C14H23N3O. The van der Waals surface area contributed by atoms with Crippen molar-refractivity contribution >= 4 is 6.03 Å². The Hall–Kier alpha value is -1.58. The van der Waals surface area contributed by atoms with Crippen LogP contribution in [0.3, 0.4) is 0 Å². The summed E-state index contributed by atoms with van der Waals surface area (Å²) in [6.45, 7) is 5.74. The Morgan fingerprint density at radius 1 is 1.39 bits per heavy atom. The molecule has 0 atom stereocenters. The standard InChI is InChI=1S/C14H23N3O/c1-12(2)5-4-8-16-14(18)17(3)11-13-6-9-15-10-7-13/h6-7,9-10,12H,4-5,8,11H2,1-3H3,(H,16,18). The van der Waals surface area contributed by atoms with Crippen LogP contribution in [0.4, 0.5) is 4.79 Å². The van der Waals surface area contributed by atoms with Crippen LogP contribution in [0.25, 0.3) is 0 Å². The zero-order chi connectivity index (χ0) is 13.4. The van der Waals surface area contributed by atoms with E-state index in [0.29, 0.717) is 12.5 Å². The first-order valence-electron chi connectivity index (χ1n) is 6.47. The van der Waals surface area contributed by atoms with Gasteiger partial charge in [0, 0.05) is 32.5 Å². The van der Waals surface area contributed by atoms with Gasteiger partial charge in [-0.05, 0) is 36.5 Å². The highest BCUT2D eigenvalue weighted by molar-refractivity contribution is 5.73. The molecule has 1 heterocycles. The molecule has 0 aromatic carbocycles. The summed E-state index contributed by atoms with van der Waals surface area (Å²) in [5.74, 6) is 0.691. The van der Waals surface area contributed by atoms with E-state index in [4.69, 9.17) is 0 Å². The molecule has 2 amide bonds. The van der Waals surface area contributed by atoms with Gasteiger partial charge in [0.05, 0.1) is 0 Å². The first kappa shape index (κ1) is 14.5. The molecule has 4 heteroatoms. The predicted octanol–water partition coefficient (Wildman–Crippen LogP) is 2.66. The summed E-state index contributed by atoms with van der Waals surface area (Å²) in [7, 11) is 1.80. The largest absolute Gasteiger partial charge is 0.338 e. The lowest BCUT2D eigenvalue weighted by Gasteiger charge is -2.18. The third-order valence-corrected chi connectivity index (χ3v) is 2.75. The van der Waals surface area contributed by atoms with Gasteiger partial charge >= 0.3 is 6.03 Å². The summed E-state index contributed by atoms with van der Waals surface area (Å²) in [6.07, 6.45) is 5.66. The highest BCUT2D eigenvalue weighted by atomic mass is 16.2. The number of nitrogens with zero attached hydrogens (tertiary/aromatic N) is 2. The lowest BCUT2D eigenvalue weighted by atomic mass is 10.1. The second kappa shape index (κ2) is 7.69. The van der Waals surface area contributed by atoms with Gasteiger partial charge in [0.1, 0.15) is 0 Å². The number of pyridine rings is 1. The van der Waals surface area contributed by atoms with Crippen molar-refractivity contribution in [3.63, 3.8) is 0 Å². The molecule has 0 aliphatic rings. The average Bonchev–Trinajstić information content (AvgIpc) is 2.35. The molecule has 1 N–H and O–H groups in total. The molecule has 1 aromatic heterocycles. The minimum Gasteiger partial charge on any atom is -0.338 e. The number of amides is 2. The fourth-order valence-electron chi connectivity index (χ4n) is 1.67. The lowest BCUT2D eigenvalue weighted by Crippen LogP contribution is -2.37. The number of rotatable bonds is 6. The molecule has 0 fully saturated rings. The quantitative estimate of drug-likeness (QED) is 0.788. The second-order valence-electron chi connectivity index (χ2n) is 4.98. The van der Waals surface area contributed by atoms with Crippen LogP contribution in [-0.2, 0) is 6.54 Å². The Balaban J connectivity index is 2.25. The molecular weight excluding hydrogens is 226 g/mol. The van der Waals surface area contributed by atoms with Crippen LogP contribution < -0.4 is 5.32 Å². The van der Waals surface area contributed by atoms with Crippen LogP contribution in [0.1, 0.15) is 32.3 Å². The first-order valence-corrected chi connectivity index (χ1v) is 6.47. The molecule has 0 spiro atoms. The number of hydrogen-bond donors (Lipinski definition) is 1. The molecule has 0 aliphatic carbocycles. The molecule has 0 saturated carbocycles. The summed E-state index contributed by atoms with van der Waals surface area (Å²) in [4.78, 5) is 17.4. The van der Waals surface area contributed by atoms with Crippen LogP contribution in [0.5, 0.6) is 0 Å². The topological polar surface area (TPSA) is 45.2 Å². The average molecular weight is 249 g/mol. The van der Waals surface area contributed by atoms with Crippen LogP contribution in [0.2, 0.25) is 0 Å². The highest BCUT2D eigenvalue weighted by Gasteiger charge is 2.07. The predicted molar refractivity (Wildman–Crippen MR) is 73.2 cm³/mol. The van der Waals surface area contributed by atoms with Crippen molar-refractivity contribution in [1.29, 1.82) is 0 Å². The Bertz CT molecular complexity index is 351. The summed E-state index contributed by atoms with van der Waals surface area (Å²) < 4.78 is 0. The van der Waals surface area contributed by atoms with E-state index in [0.717, 1.165) is 24.9 Å². The van der Waals surface area contributed by atoms with E-state index in [9.17, 15) is 4.79 Å². The summed E-state index contributed by atoms with van der Waals surface area (Å²) in [6, 6.07) is 3.82. The molecule has 18 heavy (non-hydrogen) atoms. The van der Waals surface area contributed by atoms with Crippen molar-refractivity contribution < 1.29 is 4.79 Å². The van der Waals surface area contributed by atoms with Crippen LogP contribution in [-0.4, -0.2) is 29.5 Å². The summed E-state index contributed by atoms with van der Waals surface area (Å²) in [5.41, 5.74) is 1.09. The van der Waals surface area contributed by atoms with Gasteiger partial charge in [0.25, 0.3) is 0 Å². The van der Waals surface area contributed by atoms with E-state index in [1.165, 1.54) is 0 Å². The third-order valence-electron chi connectivity index (χ3n) is 2.75. The molecule has 4 nitrogen and oxygen atoms in total. The maximum atomic E-state index is 11.8. The zero-order valence-electron chi connectivity index (χ0n) is 11.5. The third kappa shape index (κ3) is 5.66. The van der Waals surface area contributed by atoms with Crippen LogP contribution >= 0.6 is 0 Å². The molecule has 1 rings (SSSR count). The number of carbonyl (C=O) groups is 1. The fraction of sp³-hybridized carbons (Fsp3) is 0.571. The monoisotopic (exact) mass is 249 g/mol. The van der Waals surface area contributed by atoms with Gasteiger partial charge in [-0.1, -0.05) is 13.8 Å². The maximum absolute atomic E-state index is 11.8. The lowest BCUT2D eigenvalue weighted by molar-refractivity contribution is 0.206. The van der Waals surface area contributed by atoms with Crippen LogP contribution in [0, 0.1) is 5.92 Å². The van der Waals surface area contributed by atoms with Gasteiger partial charge in [-0.15, -0.1) is 0 Å². The number of aromatic nitrogens is 1. The van der Waals surface area contributed by atoms with Crippen molar-refractivity contribution in [1.82, 2.24) is 15.2 Å². The molecule has 100 valence electrons. The van der Waals surface area contributed by atoms with Gasteiger partial charge in [0.15, 0.2) is 0 Å². The number of carbonyl (C=O) groups excluding carboxylic acids is 1. The minimum atomic E-state index is -0.0180. The molecule has 0 aliphatic heterocycles. The van der Waals surface area contributed by atoms with Crippen molar-refractivity contribution in [2.75, 3.05) is 13.6 Å². The van der Waals surface area contributed by atoms with Crippen molar-refractivity contribution in [2.24, 2.45) is 5.92 Å². The Morgan fingerprint density at radius 3 is 2.67 bits per heavy atom. The van der Waals surface area contributed by atoms with Crippen molar-refractivity contribution in [3.8, 4) is 0 Å². The SMILES string of the molecule is CC(C)CCCNC(=O)N(C)Cc1ccncc1. The van der Waals surface area contributed by atoms with E-state index >= 15 is 0 Å². The van der Waals surface area contributed by atoms with E-state index < -0.39 is 0 Å². The van der Waals surface area contributed by atoms with Crippen molar-refractivity contribution in [2.45, 2.75) is 33.2 Å². The zero-order valence-corrected chi connectivity index (χ0v) is 11.5. The fourth-order valence-corrected chi connectivity index (χ4v) is 1.67. The van der Waals surface area contributed by atoms with E-state index in [2.05, 4.69) is 24.1 Å². The smallest absolute Gasteiger partial charge is 0.317 e. The van der Waals surface area contributed by atoms with Gasteiger partial charge in [-0.25, -0.2) is 4.79 Å². The second-order valence-corrected chi connectivity index (χ2v) is 4.98. The van der Waals surface area contributed by atoms with Gasteiger partial charge < -0.3 is 10.2 Å². The normalized spacial score (nSPS) is 10.4. The highest BCUT2D eigenvalue weighted by Crippen LogP contribution is 2.03. The van der Waals surface area contributed by atoms with Crippen LogP contribution in [0.15, 0.2) is 24.5 Å². The van der Waals surface area contributed by atoms with Gasteiger partial charge in [0.2, 0.25) is 0 Å². The first-order chi connectivity index (χ1) is 8.59. The number of nitrogens with one attached hydrogen (secondary N) is 1. The minimum absolute atomic E-state index is 0.0180. The molecule has 0 saturated heterocycles. The number of hydrogen-bond acceptors (Lipinski definition) is 2.